The van der Waals surface area contributed by atoms with Crippen molar-refractivity contribution in [2.24, 2.45) is 5.92 Å². The van der Waals surface area contributed by atoms with E-state index in [-0.39, 0.29) is 21.4 Å². The van der Waals surface area contributed by atoms with E-state index in [0.29, 0.717) is 23.5 Å². The van der Waals surface area contributed by atoms with Gasteiger partial charge >= 0.3 is 5.97 Å². The molecule has 0 radical (unpaired) electrons. The molecule has 1 atom stereocenters. The molecule has 1 saturated heterocycles. The number of sulfonamides is 1. The van der Waals surface area contributed by atoms with Crippen molar-refractivity contribution < 1.29 is 27.6 Å². The number of hydroxylamine groups is 1. The van der Waals surface area contributed by atoms with Crippen molar-refractivity contribution in [2.75, 3.05) is 33.9 Å². The molecule has 1 heterocycles. The summed E-state index contributed by atoms with van der Waals surface area (Å²) in [5.41, 5.74) is -0.0257. The first-order valence-corrected chi connectivity index (χ1v) is 10.3. The minimum Gasteiger partial charge on any atom is -0.452 e. The van der Waals surface area contributed by atoms with Gasteiger partial charge in [0.2, 0.25) is 0 Å². The Balaban J connectivity index is 2.09. The van der Waals surface area contributed by atoms with Crippen LogP contribution in [0.15, 0.2) is 23.1 Å². The van der Waals surface area contributed by atoms with E-state index in [9.17, 15) is 18.0 Å². The number of rotatable bonds is 6. The number of nitrogens with zero attached hydrogens (tertiary/aromatic N) is 2. The molecule has 8 nitrogen and oxygen atoms in total. The summed E-state index contributed by atoms with van der Waals surface area (Å²) in [7, 11) is -1.64. The normalized spacial score (nSPS) is 17.8. The summed E-state index contributed by atoms with van der Waals surface area (Å²) in [4.78, 5) is 30.5. The molecule has 2 rings (SSSR count). The number of likely N-dealkylation sites (tertiary alicyclic amines) is 1. The van der Waals surface area contributed by atoms with Crippen LogP contribution in [0.2, 0.25) is 5.02 Å². The smallest absolute Gasteiger partial charge is 0.338 e. The fourth-order valence-corrected chi connectivity index (χ4v) is 4.26. The van der Waals surface area contributed by atoms with E-state index in [2.05, 4.69) is 6.92 Å². The van der Waals surface area contributed by atoms with Gasteiger partial charge in [-0.05, 0) is 37.0 Å². The monoisotopic (exact) mass is 418 g/mol. The molecular formula is C17H23ClN2O6S. The first-order valence-electron chi connectivity index (χ1n) is 8.44. The second kappa shape index (κ2) is 9.01. The van der Waals surface area contributed by atoms with E-state index >= 15 is 0 Å². The number of piperidine rings is 1. The highest BCUT2D eigenvalue weighted by atomic mass is 35.5. The lowest BCUT2D eigenvalue weighted by Crippen LogP contribution is -2.41. The van der Waals surface area contributed by atoms with Gasteiger partial charge in [-0.1, -0.05) is 23.0 Å². The third kappa shape index (κ3) is 5.19. The molecule has 1 amide bonds. The Morgan fingerprint density at radius 3 is 2.70 bits per heavy atom. The molecule has 150 valence electrons. The SMILES string of the molecule is CON(C)S(=O)(=O)c1cc(C(=O)OCC(=O)N2CCC[C@@H](C)C2)ccc1Cl. The number of amides is 1. The fourth-order valence-electron chi connectivity index (χ4n) is 2.78. The van der Waals surface area contributed by atoms with Gasteiger partial charge in [0.25, 0.3) is 15.9 Å². The van der Waals surface area contributed by atoms with E-state index in [1.54, 1.807) is 4.90 Å². The lowest BCUT2D eigenvalue weighted by Gasteiger charge is -2.30. The molecule has 1 aromatic carbocycles. The maximum Gasteiger partial charge on any atom is 0.338 e. The van der Waals surface area contributed by atoms with Crippen LogP contribution in [0.1, 0.15) is 30.1 Å². The maximum atomic E-state index is 12.4. The Hall–Kier alpha value is -1.68. The zero-order valence-electron chi connectivity index (χ0n) is 15.5. The van der Waals surface area contributed by atoms with E-state index < -0.39 is 22.6 Å². The quantitative estimate of drug-likeness (QED) is 0.517. The van der Waals surface area contributed by atoms with Crippen molar-refractivity contribution in [3.63, 3.8) is 0 Å². The highest BCUT2D eigenvalue weighted by Crippen LogP contribution is 2.25. The highest BCUT2D eigenvalue weighted by Gasteiger charge is 2.26. The molecule has 1 fully saturated rings. The largest absolute Gasteiger partial charge is 0.452 e. The molecule has 1 aliphatic heterocycles. The Kier molecular flexibility index (Phi) is 7.21. The van der Waals surface area contributed by atoms with Gasteiger partial charge < -0.3 is 9.64 Å². The van der Waals surface area contributed by atoms with Gasteiger partial charge in [0.1, 0.15) is 4.90 Å². The third-order valence-corrected chi connectivity index (χ3v) is 6.54. The van der Waals surface area contributed by atoms with Crippen LogP contribution in [0.3, 0.4) is 0 Å². The molecule has 0 aromatic heterocycles. The Bertz CT molecular complexity index is 814. The van der Waals surface area contributed by atoms with Gasteiger partial charge in [-0.15, -0.1) is 0 Å². The van der Waals surface area contributed by atoms with Gasteiger partial charge in [0, 0.05) is 20.1 Å². The van der Waals surface area contributed by atoms with Crippen LogP contribution in [0.5, 0.6) is 0 Å². The lowest BCUT2D eigenvalue weighted by atomic mass is 10.0. The molecule has 1 aliphatic rings. The number of carbonyl (C=O) groups excluding carboxylic acids is 2. The van der Waals surface area contributed by atoms with Gasteiger partial charge in [-0.2, -0.15) is 0 Å². The predicted molar refractivity (Wildman–Crippen MR) is 98.7 cm³/mol. The van der Waals surface area contributed by atoms with Crippen LogP contribution in [0, 0.1) is 5.92 Å². The van der Waals surface area contributed by atoms with Crippen LogP contribution < -0.4 is 0 Å². The predicted octanol–water partition coefficient (Wildman–Crippen LogP) is 1.94. The Morgan fingerprint density at radius 1 is 1.37 bits per heavy atom. The van der Waals surface area contributed by atoms with Crippen molar-refractivity contribution in [1.82, 2.24) is 9.37 Å². The summed E-state index contributed by atoms with van der Waals surface area (Å²) in [6.07, 6.45) is 1.99. The van der Waals surface area contributed by atoms with Gasteiger partial charge in [-0.25, -0.2) is 13.2 Å². The maximum absolute atomic E-state index is 12.4. The number of hydrogen-bond acceptors (Lipinski definition) is 6. The summed E-state index contributed by atoms with van der Waals surface area (Å²) in [5, 5.41) is -0.0613. The number of ether oxygens (including phenoxy) is 1. The molecule has 0 aliphatic carbocycles. The number of halogens is 1. The Morgan fingerprint density at radius 2 is 2.07 bits per heavy atom. The molecule has 0 bridgehead atoms. The zero-order chi connectivity index (χ0) is 20.2. The summed E-state index contributed by atoms with van der Waals surface area (Å²) in [5.74, 6) is -0.655. The molecule has 0 unspecified atom stereocenters. The van der Waals surface area contributed by atoms with Crippen LogP contribution in [-0.2, 0) is 24.4 Å². The van der Waals surface area contributed by atoms with Crippen molar-refractivity contribution in [2.45, 2.75) is 24.7 Å². The van der Waals surface area contributed by atoms with Crippen LogP contribution in [0.25, 0.3) is 0 Å². The van der Waals surface area contributed by atoms with E-state index in [1.165, 1.54) is 26.3 Å². The highest BCUT2D eigenvalue weighted by molar-refractivity contribution is 7.89. The zero-order valence-corrected chi connectivity index (χ0v) is 17.0. The van der Waals surface area contributed by atoms with Crippen molar-refractivity contribution in [3.05, 3.63) is 28.8 Å². The molecule has 27 heavy (non-hydrogen) atoms. The second-order valence-corrected chi connectivity index (χ2v) is 8.72. The number of esters is 1. The van der Waals surface area contributed by atoms with E-state index in [0.717, 1.165) is 18.9 Å². The Labute approximate surface area is 164 Å². The van der Waals surface area contributed by atoms with Crippen molar-refractivity contribution in [3.8, 4) is 0 Å². The summed E-state index contributed by atoms with van der Waals surface area (Å²) in [6, 6.07) is 3.72. The van der Waals surface area contributed by atoms with E-state index in [1.807, 2.05) is 0 Å². The van der Waals surface area contributed by atoms with E-state index in [4.69, 9.17) is 21.2 Å². The molecule has 10 heteroatoms. The number of benzene rings is 1. The number of carbonyl (C=O) groups is 2. The fraction of sp³-hybridized carbons (Fsp3) is 0.529. The molecular weight excluding hydrogens is 396 g/mol. The van der Waals surface area contributed by atoms with Gasteiger partial charge in [0.15, 0.2) is 6.61 Å². The second-order valence-electron chi connectivity index (χ2n) is 6.41. The standard InChI is InChI=1S/C17H23ClN2O6S/c1-12-5-4-8-20(10-12)16(21)11-26-17(22)13-6-7-14(18)15(9-13)27(23,24)19(2)25-3/h6-7,9,12H,4-5,8,10-11H2,1-3H3/t12-/m1/s1. The van der Waals surface area contributed by atoms with Crippen LogP contribution in [-0.4, -0.2) is 63.5 Å². The molecule has 1 aromatic rings. The average molecular weight is 419 g/mol. The minimum atomic E-state index is -4.03. The minimum absolute atomic E-state index is 0.0257. The van der Waals surface area contributed by atoms with Crippen molar-refractivity contribution >= 4 is 33.5 Å². The number of hydrogen-bond donors (Lipinski definition) is 0. The topological polar surface area (TPSA) is 93.2 Å². The molecule has 0 N–H and O–H groups in total. The molecule has 0 spiro atoms. The van der Waals surface area contributed by atoms with Gasteiger partial charge in [0.05, 0.1) is 17.7 Å². The summed E-state index contributed by atoms with van der Waals surface area (Å²) >= 11 is 5.95. The van der Waals surface area contributed by atoms with Crippen LogP contribution in [0.4, 0.5) is 0 Å². The summed E-state index contributed by atoms with van der Waals surface area (Å²) < 4.78 is 30.4. The third-order valence-electron chi connectivity index (χ3n) is 4.38. The lowest BCUT2D eigenvalue weighted by molar-refractivity contribution is -0.136. The van der Waals surface area contributed by atoms with Crippen LogP contribution >= 0.6 is 11.6 Å². The molecule has 0 saturated carbocycles. The first kappa shape index (κ1) is 21.6. The van der Waals surface area contributed by atoms with Crippen molar-refractivity contribution in [1.29, 1.82) is 0 Å². The summed E-state index contributed by atoms with van der Waals surface area (Å²) in [6.45, 7) is 2.96. The van der Waals surface area contributed by atoms with Gasteiger partial charge in [-0.3, -0.25) is 9.63 Å². The average Bonchev–Trinajstić information content (AvgIpc) is 2.65. The first-order chi connectivity index (χ1) is 12.7.